The molecule has 0 atom stereocenters. The molecule has 0 aliphatic heterocycles. The van der Waals surface area contributed by atoms with Crippen molar-refractivity contribution in [3.8, 4) is 22.3 Å². The van der Waals surface area contributed by atoms with Gasteiger partial charge in [-0.1, -0.05) is 115 Å². The monoisotopic (exact) mass is 434 g/mol. The summed E-state index contributed by atoms with van der Waals surface area (Å²) < 4.78 is 0. The van der Waals surface area contributed by atoms with Gasteiger partial charge in [0.1, 0.15) is 5.65 Å². The van der Waals surface area contributed by atoms with Crippen molar-refractivity contribution < 1.29 is 0 Å². The number of rotatable bonds is 3. The molecule has 0 bridgehead atoms. The highest BCUT2D eigenvalue weighted by Crippen LogP contribution is 2.58. The first-order valence-electron chi connectivity index (χ1n) is 11.7. The number of pyridine rings is 1. The van der Waals surface area contributed by atoms with Crippen molar-refractivity contribution in [3.05, 3.63) is 150 Å². The van der Waals surface area contributed by atoms with Crippen molar-refractivity contribution in [2.75, 3.05) is 0 Å². The van der Waals surface area contributed by atoms with E-state index in [0.717, 1.165) is 5.65 Å². The van der Waals surface area contributed by atoms with Gasteiger partial charge in [-0.25, -0.2) is 4.98 Å². The maximum Gasteiger partial charge on any atom is 0.138 e. The lowest BCUT2D eigenvalue weighted by atomic mass is 9.67. The summed E-state index contributed by atoms with van der Waals surface area (Å²) in [7, 11) is 0. The van der Waals surface area contributed by atoms with Crippen molar-refractivity contribution in [2.45, 2.75) is 5.41 Å². The van der Waals surface area contributed by atoms with E-state index in [1.54, 1.807) is 0 Å². The van der Waals surface area contributed by atoms with E-state index in [1.807, 2.05) is 0 Å². The Kier molecular flexibility index (Phi) is 4.09. The number of fused-ring (bicyclic) bond motifs is 5. The van der Waals surface area contributed by atoms with Gasteiger partial charge in [0.2, 0.25) is 0 Å². The minimum absolute atomic E-state index is 0.443. The predicted molar refractivity (Wildman–Crippen MR) is 139 cm³/mol. The maximum atomic E-state index is 4.90. The van der Waals surface area contributed by atoms with Gasteiger partial charge < -0.3 is 4.98 Å². The molecule has 0 unspecified atom stereocenters. The van der Waals surface area contributed by atoms with Gasteiger partial charge in [0.15, 0.2) is 0 Å². The second-order valence-electron chi connectivity index (χ2n) is 8.87. The van der Waals surface area contributed by atoms with Crippen LogP contribution in [0.4, 0.5) is 0 Å². The fourth-order valence-electron chi connectivity index (χ4n) is 5.86. The van der Waals surface area contributed by atoms with Crippen molar-refractivity contribution in [1.29, 1.82) is 0 Å². The Morgan fingerprint density at radius 3 is 1.82 bits per heavy atom. The van der Waals surface area contributed by atoms with E-state index in [1.165, 1.54) is 49.9 Å². The molecule has 0 radical (unpaired) electrons. The van der Waals surface area contributed by atoms with E-state index >= 15 is 0 Å². The number of aromatic amines is 1. The minimum atomic E-state index is -0.443. The van der Waals surface area contributed by atoms with E-state index in [-0.39, 0.29) is 0 Å². The van der Waals surface area contributed by atoms with Crippen LogP contribution in [0.3, 0.4) is 0 Å². The zero-order valence-corrected chi connectivity index (χ0v) is 18.6. The third kappa shape index (κ3) is 2.48. The van der Waals surface area contributed by atoms with Crippen LogP contribution in [-0.4, -0.2) is 9.97 Å². The van der Waals surface area contributed by atoms with Crippen molar-refractivity contribution in [2.24, 2.45) is 0 Å². The fourth-order valence-corrected chi connectivity index (χ4v) is 5.86. The van der Waals surface area contributed by atoms with Crippen LogP contribution in [0.1, 0.15) is 22.3 Å². The number of benzene rings is 4. The molecule has 2 aromatic heterocycles. The van der Waals surface area contributed by atoms with Crippen molar-refractivity contribution in [1.82, 2.24) is 9.97 Å². The fraction of sp³-hybridized carbons (Fsp3) is 0.0312. The summed E-state index contributed by atoms with van der Waals surface area (Å²) in [6, 6.07) is 41.3. The lowest BCUT2D eigenvalue weighted by Crippen LogP contribution is -2.28. The van der Waals surface area contributed by atoms with Gasteiger partial charge >= 0.3 is 0 Å². The third-order valence-corrected chi connectivity index (χ3v) is 7.20. The van der Waals surface area contributed by atoms with Crippen LogP contribution in [0.15, 0.2) is 128 Å². The first kappa shape index (κ1) is 19.1. The Morgan fingerprint density at radius 1 is 0.559 bits per heavy atom. The van der Waals surface area contributed by atoms with Gasteiger partial charge in [-0.2, -0.15) is 0 Å². The highest BCUT2D eigenvalue weighted by molar-refractivity contribution is 6.04. The molecule has 1 aliphatic carbocycles. The number of hydrogen-bond donors (Lipinski definition) is 1. The standard InChI is InChI=1S/C32H22N2/c1-4-12-22(13-5-1)26-20-33-31-29(26)30-27(21-34-31)25-18-10-11-19-28(25)32(30,23-14-6-2-7-15-23)24-16-8-3-9-17-24/h1-21H,(H,33,34). The molecule has 1 N–H and O–H groups in total. The molecule has 2 heterocycles. The number of nitrogens with one attached hydrogen (secondary N) is 1. The normalized spacial score (nSPS) is 13.5. The van der Waals surface area contributed by atoms with Crippen molar-refractivity contribution in [3.63, 3.8) is 0 Å². The summed E-state index contributed by atoms with van der Waals surface area (Å²) in [5.41, 5.74) is 10.4. The Balaban J connectivity index is 1.71. The van der Waals surface area contributed by atoms with Crippen LogP contribution in [-0.2, 0) is 5.41 Å². The summed E-state index contributed by atoms with van der Waals surface area (Å²) in [6.45, 7) is 0. The molecule has 0 spiro atoms. The van der Waals surface area contributed by atoms with E-state index in [4.69, 9.17) is 4.98 Å². The lowest BCUT2D eigenvalue weighted by Gasteiger charge is -2.34. The molecule has 2 nitrogen and oxygen atoms in total. The largest absolute Gasteiger partial charge is 0.346 e. The SMILES string of the molecule is c1ccc(-c2c[nH]c3ncc4c(c23)C(c2ccccc2)(c2ccccc2)c2ccccc2-4)cc1. The van der Waals surface area contributed by atoms with Crippen LogP contribution >= 0.6 is 0 Å². The van der Waals surface area contributed by atoms with Crippen molar-refractivity contribution >= 4 is 11.0 Å². The summed E-state index contributed by atoms with van der Waals surface area (Å²) in [5, 5.41) is 1.19. The van der Waals surface area contributed by atoms with Gasteiger partial charge in [-0.3, -0.25) is 0 Å². The summed E-state index contributed by atoms with van der Waals surface area (Å²) in [5.74, 6) is 0. The smallest absolute Gasteiger partial charge is 0.138 e. The van der Waals surface area contributed by atoms with E-state index in [2.05, 4.69) is 133 Å². The highest BCUT2D eigenvalue weighted by Gasteiger charge is 2.47. The Bertz CT molecular complexity index is 1590. The molecular formula is C32H22N2. The lowest BCUT2D eigenvalue weighted by molar-refractivity contribution is 0.775. The number of nitrogens with zero attached hydrogens (tertiary/aromatic N) is 1. The average molecular weight is 435 g/mol. The van der Waals surface area contributed by atoms with Gasteiger partial charge in [0, 0.05) is 28.9 Å². The third-order valence-electron chi connectivity index (χ3n) is 7.20. The van der Waals surface area contributed by atoms with Gasteiger partial charge in [0.05, 0.1) is 5.41 Å². The first-order valence-corrected chi connectivity index (χ1v) is 11.7. The molecule has 7 rings (SSSR count). The Morgan fingerprint density at radius 2 is 1.15 bits per heavy atom. The Labute approximate surface area is 198 Å². The van der Waals surface area contributed by atoms with Gasteiger partial charge in [-0.15, -0.1) is 0 Å². The summed E-state index contributed by atoms with van der Waals surface area (Å²) in [6.07, 6.45) is 4.16. The van der Waals surface area contributed by atoms with Gasteiger partial charge in [0.25, 0.3) is 0 Å². The molecule has 6 aromatic rings. The summed E-state index contributed by atoms with van der Waals surface area (Å²) >= 11 is 0. The van der Waals surface area contributed by atoms with Gasteiger partial charge in [-0.05, 0) is 33.4 Å². The Hall–Kier alpha value is -4.43. The van der Waals surface area contributed by atoms with Crippen LogP contribution in [0.25, 0.3) is 33.3 Å². The topological polar surface area (TPSA) is 28.7 Å². The second-order valence-corrected chi connectivity index (χ2v) is 8.87. The molecular weight excluding hydrogens is 412 g/mol. The minimum Gasteiger partial charge on any atom is -0.346 e. The average Bonchev–Trinajstić information content (AvgIpc) is 3.48. The molecule has 0 fully saturated rings. The quantitative estimate of drug-likeness (QED) is 0.305. The first-order chi connectivity index (χ1) is 16.9. The molecule has 4 aromatic carbocycles. The van der Waals surface area contributed by atoms with E-state index in [0.29, 0.717) is 0 Å². The van der Waals surface area contributed by atoms with E-state index in [9.17, 15) is 0 Å². The molecule has 0 saturated carbocycles. The zero-order valence-electron chi connectivity index (χ0n) is 18.6. The zero-order chi connectivity index (χ0) is 22.5. The van der Waals surface area contributed by atoms with Crippen LogP contribution in [0.2, 0.25) is 0 Å². The maximum absolute atomic E-state index is 4.90. The second kappa shape index (κ2) is 7.29. The molecule has 34 heavy (non-hydrogen) atoms. The van der Waals surface area contributed by atoms with Crippen LogP contribution < -0.4 is 0 Å². The summed E-state index contributed by atoms with van der Waals surface area (Å²) in [4.78, 5) is 8.37. The highest BCUT2D eigenvalue weighted by atomic mass is 14.8. The molecule has 160 valence electrons. The van der Waals surface area contributed by atoms with E-state index < -0.39 is 5.41 Å². The molecule has 1 aliphatic rings. The van der Waals surface area contributed by atoms with Crippen LogP contribution in [0.5, 0.6) is 0 Å². The molecule has 0 saturated heterocycles. The number of H-pyrrole nitrogens is 1. The number of aromatic nitrogens is 2. The molecule has 0 amide bonds. The predicted octanol–water partition coefficient (Wildman–Crippen LogP) is 7.59. The molecule has 2 heteroatoms. The number of hydrogen-bond acceptors (Lipinski definition) is 1. The van der Waals surface area contributed by atoms with Crippen LogP contribution in [0, 0.1) is 0 Å².